The molecule has 1 aliphatic heterocycles. The van der Waals surface area contributed by atoms with E-state index in [1.165, 1.54) is 23.4 Å². The van der Waals surface area contributed by atoms with Gasteiger partial charge in [-0.15, -0.1) is 0 Å². The molecule has 0 N–H and O–H groups in total. The Kier molecular flexibility index (Phi) is 5.97. The van der Waals surface area contributed by atoms with Crippen molar-refractivity contribution in [2.45, 2.75) is 6.10 Å². The minimum atomic E-state index is 0.0491. The summed E-state index contributed by atoms with van der Waals surface area (Å²) in [4.78, 5) is 0. The molecule has 1 nitrogen and oxygen atoms in total. The number of rotatable bonds is 5. The molecule has 1 atom stereocenters. The van der Waals surface area contributed by atoms with Crippen LogP contribution in [0.15, 0.2) is 93.9 Å². The van der Waals surface area contributed by atoms with E-state index in [0.717, 1.165) is 11.6 Å². The van der Waals surface area contributed by atoms with Crippen LogP contribution in [0.2, 0.25) is 5.02 Å². The van der Waals surface area contributed by atoms with Gasteiger partial charge in [-0.3, -0.25) is 0 Å². The van der Waals surface area contributed by atoms with Crippen LogP contribution in [0.5, 0.6) is 0 Å². The van der Waals surface area contributed by atoms with Gasteiger partial charge in [0.25, 0.3) is 0 Å². The van der Waals surface area contributed by atoms with Gasteiger partial charge in [-0.2, -0.15) is 0 Å². The van der Waals surface area contributed by atoms with Crippen molar-refractivity contribution in [1.82, 2.24) is 0 Å². The quantitative estimate of drug-likeness (QED) is 0.496. The van der Waals surface area contributed by atoms with Gasteiger partial charge >= 0.3 is 172 Å². The van der Waals surface area contributed by atoms with Crippen molar-refractivity contribution in [1.29, 1.82) is 0 Å². The molecule has 0 spiro atoms. The Balaban J connectivity index is 1.68. The molecule has 3 aromatic carbocycles. The van der Waals surface area contributed by atoms with Gasteiger partial charge in [-0.25, -0.2) is 0 Å². The van der Waals surface area contributed by atoms with Crippen LogP contribution < -0.4 is 8.92 Å². The minimum absolute atomic E-state index is 0.0491. The molecule has 0 radical (unpaired) electrons. The van der Waals surface area contributed by atoms with Crippen molar-refractivity contribution in [2.24, 2.45) is 0 Å². The molecule has 1 aliphatic rings. The molecular weight excluding hydrogens is 474 g/mol. The summed E-state index contributed by atoms with van der Waals surface area (Å²) in [6.07, 6.45) is 0.0491. The molecule has 3 aromatic rings. The summed E-state index contributed by atoms with van der Waals surface area (Å²) in [5.74, 6) is 0. The van der Waals surface area contributed by atoms with Gasteiger partial charge < -0.3 is 0 Å². The first-order valence-electron chi connectivity index (χ1n) is 8.35. The molecule has 26 heavy (non-hydrogen) atoms. The van der Waals surface area contributed by atoms with Gasteiger partial charge in [0.1, 0.15) is 0 Å². The molecule has 1 unspecified atom stereocenters. The van der Waals surface area contributed by atoms with Gasteiger partial charge in [0, 0.05) is 0 Å². The number of benzene rings is 3. The maximum absolute atomic E-state index is 6.26. The van der Waals surface area contributed by atoms with Crippen molar-refractivity contribution in [3.05, 3.63) is 104 Å². The van der Waals surface area contributed by atoms with E-state index in [4.69, 9.17) is 16.3 Å². The molecule has 0 amide bonds. The van der Waals surface area contributed by atoms with Crippen molar-refractivity contribution in [2.75, 3.05) is 6.61 Å². The zero-order chi connectivity index (χ0) is 17.8. The Morgan fingerprint density at radius 1 is 0.731 bits per heavy atom. The van der Waals surface area contributed by atoms with Crippen LogP contribution in [0.1, 0.15) is 11.7 Å². The van der Waals surface area contributed by atoms with Gasteiger partial charge in [0.05, 0.1) is 0 Å². The Morgan fingerprint density at radius 2 is 1.31 bits per heavy atom. The summed E-state index contributed by atoms with van der Waals surface area (Å²) in [6, 6.07) is 29.6. The van der Waals surface area contributed by atoms with Gasteiger partial charge in [-0.05, 0) is 0 Å². The molecule has 0 aliphatic carbocycles. The monoisotopic (exact) mass is 492 g/mol. The summed E-state index contributed by atoms with van der Waals surface area (Å²) >= 11 is 6.63. The number of ether oxygens (including phenoxy) is 1. The molecule has 130 valence electrons. The average molecular weight is 491 g/mol. The standard InChI is InChI=1S/C22H17ClOSe2/c23-17-13-11-16(12-14-17)21-22(26-19-9-5-2-6-10-19)20(15-24-21)25-18-7-3-1-4-8-18/h1-14,21H,15H2. The van der Waals surface area contributed by atoms with E-state index < -0.39 is 0 Å². The Labute approximate surface area is 171 Å². The first-order chi connectivity index (χ1) is 12.8. The Hall–Kier alpha value is -1.31. The van der Waals surface area contributed by atoms with Gasteiger partial charge in [0.2, 0.25) is 0 Å². The van der Waals surface area contributed by atoms with Crippen LogP contribution in [0.3, 0.4) is 0 Å². The fourth-order valence-electron chi connectivity index (χ4n) is 2.77. The van der Waals surface area contributed by atoms with E-state index in [-0.39, 0.29) is 21.1 Å². The fourth-order valence-corrected chi connectivity index (χ4v) is 7.89. The topological polar surface area (TPSA) is 9.23 Å². The normalized spacial score (nSPS) is 16.9. The number of hydrogen-bond acceptors (Lipinski definition) is 1. The summed E-state index contributed by atoms with van der Waals surface area (Å²) in [6.45, 7) is 0.728. The van der Waals surface area contributed by atoms with E-state index in [2.05, 4.69) is 72.8 Å². The first-order valence-corrected chi connectivity index (χ1v) is 12.2. The summed E-state index contributed by atoms with van der Waals surface area (Å²) in [5.41, 5.74) is 1.20. The Morgan fingerprint density at radius 3 is 1.92 bits per heavy atom. The molecular formula is C22H17ClOSe2. The molecule has 0 aromatic heterocycles. The second-order valence-electron chi connectivity index (χ2n) is 5.86. The van der Waals surface area contributed by atoms with Crippen LogP contribution in [0.25, 0.3) is 0 Å². The number of hydrogen-bond donors (Lipinski definition) is 0. The SMILES string of the molecule is Clc1ccc(C2OCC([Se]c3ccccc3)=C2[Se]c2ccccc2)cc1. The van der Waals surface area contributed by atoms with E-state index >= 15 is 0 Å². The first kappa shape index (κ1) is 18.1. The van der Waals surface area contributed by atoms with E-state index in [1.54, 1.807) is 0 Å². The summed E-state index contributed by atoms with van der Waals surface area (Å²) in [7, 11) is 0. The molecule has 0 saturated carbocycles. The number of halogens is 1. The third kappa shape index (κ3) is 4.32. The van der Waals surface area contributed by atoms with Crippen molar-refractivity contribution >= 4 is 50.4 Å². The van der Waals surface area contributed by atoms with Gasteiger partial charge in [-0.1, -0.05) is 0 Å². The molecule has 4 rings (SSSR count). The van der Waals surface area contributed by atoms with E-state index in [1.807, 2.05) is 12.1 Å². The van der Waals surface area contributed by atoms with Gasteiger partial charge in [0.15, 0.2) is 0 Å². The zero-order valence-corrected chi connectivity index (χ0v) is 18.2. The molecule has 0 bridgehead atoms. The summed E-state index contributed by atoms with van der Waals surface area (Å²) < 4.78 is 12.0. The molecule has 4 heteroatoms. The predicted octanol–water partition coefficient (Wildman–Crippen LogP) is 3.68. The molecule has 1 heterocycles. The maximum atomic E-state index is 6.26. The Bertz CT molecular complexity index is 892. The van der Waals surface area contributed by atoms with Crippen LogP contribution in [0, 0.1) is 0 Å². The van der Waals surface area contributed by atoms with Crippen LogP contribution in [-0.2, 0) is 4.74 Å². The van der Waals surface area contributed by atoms with Crippen LogP contribution in [0.4, 0.5) is 0 Å². The van der Waals surface area contributed by atoms with E-state index in [0.29, 0.717) is 15.0 Å². The van der Waals surface area contributed by atoms with Crippen LogP contribution >= 0.6 is 11.6 Å². The third-order valence-corrected chi connectivity index (χ3v) is 9.71. The predicted molar refractivity (Wildman–Crippen MR) is 111 cm³/mol. The molecule has 0 saturated heterocycles. The van der Waals surface area contributed by atoms with E-state index in [9.17, 15) is 0 Å². The van der Waals surface area contributed by atoms with Crippen molar-refractivity contribution in [3.63, 3.8) is 0 Å². The second-order valence-corrected chi connectivity index (χ2v) is 11.1. The zero-order valence-electron chi connectivity index (χ0n) is 14.0. The third-order valence-electron chi connectivity index (χ3n) is 4.02. The second kappa shape index (κ2) is 8.59. The molecule has 0 fully saturated rings. The summed E-state index contributed by atoms with van der Waals surface area (Å²) in [5, 5.41) is 0.763. The fraction of sp³-hybridized carbons (Fsp3) is 0.0909. The van der Waals surface area contributed by atoms with Crippen LogP contribution in [-0.4, -0.2) is 36.5 Å². The van der Waals surface area contributed by atoms with Crippen molar-refractivity contribution in [3.8, 4) is 0 Å². The van der Waals surface area contributed by atoms with Crippen molar-refractivity contribution < 1.29 is 4.74 Å². The average Bonchev–Trinajstić information content (AvgIpc) is 3.06.